The van der Waals surface area contributed by atoms with Crippen molar-refractivity contribution in [2.45, 2.75) is 0 Å². The Hall–Kier alpha value is -7.42. The summed E-state index contributed by atoms with van der Waals surface area (Å²) < 4.78 is 6.74. The zero-order valence-electron chi connectivity index (χ0n) is 30.7. The third-order valence-corrected chi connectivity index (χ3v) is 10.7. The highest BCUT2D eigenvalue weighted by molar-refractivity contribution is 6.16. The van der Waals surface area contributed by atoms with Gasteiger partial charge in [-0.3, -0.25) is 0 Å². The highest BCUT2D eigenvalue weighted by Gasteiger charge is 2.21. The van der Waals surface area contributed by atoms with E-state index in [1.54, 1.807) is 0 Å². The third kappa shape index (κ3) is 6.04. The van der Waals surface area contributed by atoms with Crippen LogP contribution in [0.25, 0.3) is 77.6 Å². The molecule has 1 aromatic heterocycles. The lowest BCUT2D eigenvalue weighted by molar-refractivity contribution is 0.670. The van der Waals surface area contributed by atoms with Crippen LogP contribution in [0.5, 0.6) is 0 Å². The van der Waals surface area contributed by atoms with Crippen LogP contribution in [-0.4, -0.2) is 0 Å². The van der Waals surface area contributed by atoms with Crippen molar-refractivity contribution in [2.75, 3.05) is 4.90 Å². The van der Waals surface area contributed by atoms with E-state index in [9.17, 15) is 0 Å². The first kappa shape index (κ1) is 33.2. The molecule has 0 bridgehead atoms. The molecule has 0 aliphatic heterocycles. The van der Waals surface area contributed by atoms with Gasteiger partial charge >= 0.3 is 0 Å². The molecule has 264 valence electrons. The largest absolute Gasteiger partial charge is 0.455 e. The van der Waals surface area contributed by atoms with Gasteiger partial charge in [-0.25, -0.2) is 0 Å². The standard InChI is InChI=1S/C54H37NO/c1-4-16-38(17-5-1)45-22-10-12-24-47(45)41-30-34-43(35-31-41)55(44-36-32-42(33-37-44)48-25-13-11-23-46(48)39-18-6-2-7-19-39)51-28-15-29-52-53(51)50-27-14-26-49(54(50)56-52)40-20-8-3-9-21-40/h1-37H. The van der Waals surface area contributed by atoms with E-state index in [1.165, 1.54) is 44.5 Å². The van der Waals surface area contributed by atoms with Crippen LogP contribution in [0.15, 0.2) is 229 Å². The molecule has 0 unspecified atom stereocenters. The molecule has 0 N–H and O–H groups in total. The van der Waals surface area contributed by atoms with Crippen molar-refractivity contribution in [3.05, 3.63) is 224 Å². The number of rotatable bonds is 8. The number of hydrogen-bond donors (Lipinski definition) is 0. The molecule has 2 heteroatoms. The van der Waals surface area contributed by atoms with Crippen LogP contribution in [-0.2, 0) is 0 Å². The van der Waals surface area contributed by atoms with Gasteiger partial charge in [0, 0.05) is 22.3 Å². The summed E-state index contributed by atoms with van der Waals surface area (Å²) in [5, 5.41) is 2.17. The molecule has 0 amide bonds. The monoisotopic (exact) mass is 715 g/mol. The Morgan fingerprint density at radius 2 is 0.661 bits per heavy atom. The molecule has 0 fully saturated rings. The second-order valence-corrected chi connectivity index (χ2v) is 14.1. The molecule has 2 nitrogen and oxygen atoms in total. The molecule has 9 aromatic carbocycles. The fourth-order valence-electron chi connectivity index (χ4n) is 8.08. The van der Waals surface area contributed by atoms with Crippen molar-refractivity contribution >= 4 is 39.0 Å². The topological polar surface area (TPSA) is 16.4 Å². The zero-order valence-corrected chi connectivity index (χ0v) is 30.7. The van der Waals surface area contributed by atoms with Gasteiger partial charge in [-0.2, -0.15) is 0 Å². The average Bonchev–Trinajstić information content (AvgIpc) is 3.68. The Labute approximate surface area is 327 Å². The first-order valence-electron chi connectivity index (χ1n) is 19.1. The van der Waals surface area contributed by atoms with Gasteiger partial charge in [-0.15, -0.1) is 0 Å². The number of hydrogen-bond acceptors (Lipinski definition) is 2. The Morgan fingerprint density at radius 1 is 0.286 bits per heavy atom. The lowest BCUT2D eigenvalue weighted by atomic mass is 9.94. The molecule has 0 saturated carbocycles. The number of para-hydroxylation sites is 1. The third-order valence-electron chi connectivity index (χ3n) is 10.7. The molecular formula is C54H37NO. The van der Waals surface area contributed by atoms with Crippen LogP contribution < -0.4 is 4.90 Å². The molecule has 10 rings (SSSR count). The minimum absolute atomic E-state index is 0.854. The highest BCUT2D eigenvalue weighted by atomic mass is 16.3. The van der Waals surface area contributed by atoms with Crippen molar-refractivity contribution < 1.29 is 4.42 Å². The van der Waals surface area contributed by atoms with Crippen LogP contribution in [0, 0.1) is 0 Å². The van der Waals surface area contributed by atoms with E-state index in [-0.39, 0.29) is 0 Å². The fraction of sp³-hybridized carbons (Fsp3) is 0. The Morgan fingerprint density at radius 3 is 1.12 bits per heavy atom. The lowest BCUT2D eigenvalue weighted by Crippen LogP contribution is -2.10. The number of anilines is 3. The van der Waals surface area contributed by atoms with Gasteiger partial charge in [0.15, 0.2) is 0 Å². The summed E-state index contributed by atoms with van der Waals surface area (Å²) in [4.78, 5) is 2.37. The Balaban J connectivity index is 1.13. The van der Waals surface area contributed by atoms with Crippen LogP contribution in [0.4, 0.5) is 17.1 Å². The zero-order chi connectivity index (χ0) is 37.3. The molecule has 56 heavy (non-hydrogen) atoms. The van der Waals surface area contributed by atoms with Gasteiger partial charge in [0.1, 0.15) is 11.2 Å². The van der Waals surface area contributed by atoms with E-state index in [0.717, 1.165) is 50.1 Å². The van der Waals surface area contributed by atoms with Gasteiger partial charge in [-0.05, 0) is 86.5 Å². The predicted molar refractivity (Wildman–Crippen MR) is 236 cm³/mol. The van der Waals surface area contributed by atoms with Gasteiger partial charge < -0.3 is 9.32 Å². The lowest BCUT2D eigenvalue weighted by Gasteiger charge is -2.27. The summed E-state index contributed by atoms with van der Waals surface area (Å²) in [6, 6.07) is 79.8. The average molecular weight is 716 g/mol. The Kier molecular flexibility index (Phi) is 8.55. The predicted octanol–water partition coefficient (Wildman–Crippen LogP) is 15.4. The first-order valence-corrected chi connectivity index (χ1v) is 19.1. The van der Waals surface area contributed by atoms with Crippen LogP contribution in [0.2, 0.25) is 0 Å². The second kappa shape index (κ2) is 14.4. The van der Waals surface area contributed by atoms with E-state index in [1.807, 2.05) is 0 Å². The van der Waals surface area contributed by atoms with Gasteiger partial charge in [0.05, 0.1) is 11.1 Å². The van der Waals surface area contributed by atoms with E-state index < -0.39 is 0 Å². The summed E-state index contributed by atoms with van der Waals surface area (Å²) in [6.45, 7) is 0. The highest BCUT2D eigenvalue weighted by Crippen LogP contribution is 2.46. The van der Waals surface area contributed by atoms with Crippen LogP contribution >= 0.6 is 0 Å². The van der Waals surface area contributed by atoms with E-state index in [4.69, 9.17) is 4.42 Å². The van der Waals surface area contributed by atoms with Gasteiger partial charge in [0.25, 0.3) is 0 Å². The molecule has 0 saturated heterocycles. The smallest absolute Gasteiger partial charge is 0.143 e. The second-order valence-electron chi connectivity index (χ2n) is 14.1. The van der Waals surface area contributed by atoms with Gasteiger partial charge in [0.2, 0.25) is 0 Å². The maximum absolute atomic E-state index is 6.74. The quantitative estimate of drug-likeness (QED) is 0.156. The molecule has 0 spiro atoms. The molecule has 0 aliphatic rings. The van der Waals surface area contributed by atoms with Crippen molar-refractivity contribution in [3.63, 3.8) is 0 Å². The summed E-state index contributed by atoms with van der Waals surface area (Å²) >= 11 is 0. The van der Waals surface area contributed by atoms with Gasteiger partial charge in [-0.1, -0.05) is 188 Å². The number of benzene rings is 9. The fourth-order valence-corrected chi connectivity index (χ4v) is 8.08. The summed E-state index contributed by atoms with van der Waals surface area (Å²) in [5.41, 5.74) is 16.7. The maximum atomic E-state index is 6.74. The van der Waals surface area contributed by atoms with Crippen LogP contribution in [0.3, 0.4) is 0 Å². The molecule has 0 atom stereocenters. The normalized spacial score (nSPS) is 11.2. The number of nitrogens with zero attached hydrogens (tertiary/aromatic N) is 1. The van der Waals surface area contributed by atoms with Crippen molar-refractivity contribution in [3.8, 4) is 55.6 Å². The van der Waals surface area contributed by atoms with E-state index >= 15 is 0 Å². The van der Waals surface area contributed by atoms with Crippen LogP contribution in [0.1, 0.15) is 0 Å². The first-order chi connectivity index (χ1) is 27.8. The van der Waals surface area contributed by atoms with E-state index in [0.29, 0.717) is 0 Å². The van der Waals surface area contributed by atoms with E-state index in [2.05, 4.69) is 229 Å². The Bertz CT molecular complexity index is 2800. The molecule has 1 heterocycles. The summed E-state index contributed by atoms with van der Waals surface area (Å²) in [7, 11) is 0. The van der Waals surface area contributed by atoms with Crippen molar-refractivity contribution in [1.82, 2.24) is 0 Å². The molecular weight excluding hydrogens is 679 g/mol. The SMILES string of the molecule is c1ccc(-c2ccccc2-c2ccc(N(c3ccc(-c4ccccc4-c4ccccc4)cc3)c3cccc4oc5c(-c6ccccc6)cccc5c34)cc2)cc1. The number of fused-ring (bicyclic) bond motifs is 3. The maximum Gasteiger partial charge on any atom is 0.143 e. The molecule has 0 aliphatic carbocycles. The molecule has 0 radical (unpaired) electrons. The van der Waals surface area contributed by atoms with Crippen molar-refractivity contribution in [2.24, 2.45) is 0 Å². The summed E-state index contributed by atoms with van der Waals surface area (Å²) in [6.07, 6.45) is 0. The minimum atomic E-state index is 0.854. The molecule has 10 aromatic rings. The number of furan rings is 1. The van der Waals surface area contributed by atoms with Crippen molar-refractivity contribution in [1.29, 1.82) is 0 Å². The summed E-state index contributed by atoms with van der Waals surface area (Å²) in [5.74, 6) is 0. The minimum Gasteiger partial charge on any atom is -0.455 e.